The first-order chi connectivity index (χ1) is 12.8. The van der Waals surface area contributed by atoms with E-state index < -0.39 is 6.10 Å². The maximum Gasteiger partial charge on any atom is 0.119 e. The van der Waals surface area contributed by atoms with Crippen molar-refractivity contribution >= 4 is 17.4 Å². The number of β-amino-alcohol motifs (C(OH)–C–C–N with tert-alkyl or cyclic N) is 1. The molecule has 0 radical (unpaired) electrons. The van der Waals surface area contributed by atoms with Gasteiger partial charge in [-0.1, -0.05) is 54.6 Å². The van der Waals surface area contributed by atoms with Gasteiger partial charge < -0.3 is 15.2 Å². The largest absolute Gasteiger partial charge is 0.489 e. The highest BCUT2D eigenvalue weighted by molar-refractivity contribution is 7.99. The molecular weight excluding hydrogens is 342 g/mol. The zero-order valence-electron chi connectivity index (χ0n) is 14.3. The number of ether oxygens (including phenoxy) is 1. The molecule has 0 amide bonds. The number of fused-ring (bicyclic) bond motifs is 1. The van der Waals surface area contributed by atoms with Crippen molar-refractivity contribution in [2.24, 2.45) is 0 Å². The highest BCUT2D eigenvalue weighted by Gasteiger charge is 2.26. The molecule has 1 aliphatic rings. The second kappa shape index (κ2) is 7.85. The maximum absolute atomic E-state index is 10.6. The van der Waals surface area contributed by atoms with E-state index in [2.05, 4.69) is 41.7 Å². The summed E-state index contributed by atoms with van der Waals surface area (Å²) in [6.45, 7) is 1.10. The van der Waals surface area contributed by atoms with Gasteiger partial charge in [-0.25, -0.2) is 0 Å². The first-order valence-electron chi connectivity index (χ1n) is 8.74. The second-order valence-electron chi connectivity index (χ2n) is 6.33. The first-order valence-corrected chi connectivity index (χ1v) is 9.62. The van der Waals surface area contributed by atoms with E-state index in [1.54, 1.807) is 11.8 Å². The fraction of sp³-hybridized carbons (Fsp3) is 0.182. The predicted molar refractivity (Wildman–Crippen MR) is 107 cm³/mol. The molecule has 2 unspecified atom stereocenters. The van der Waals surface area contributed by atoms with E-state index in [4.69, 9.17) is 4.74 Å². The normalized spacial score (nSPS) is 19.1. The molecule has 132 valence electrons. The third-order valence-corrected chi connectivity index (χ3v) is 5.90. The summed E-state index contributed by atoms with van der Waals surface area (Å²) in [7, 11) is 0. The lowest BCUT2D eigenvalue weighted by molar-refractivity contribution is 0.185. The molecule has 3 aromatic rings. The van der Waals surface area contributed by atoms with Gasteiger partial charge in [0.2, 0.25) is 0 Å². The van der Waals surface area contributed by atoms with Crippen LogP contribution in [0.4, 0.5) is 5.69 Å². The summed E-state index contributed by atoms with van der Waals surface area (Å²) in [5.41, 5.74) is 3.34. The summed E-state index contributed by atoms with van der Waals surface area (Å²) < 4.78 is 5.86. The van der Waals surface area contributed by atoms with Gasteiger partial charge in [0.1, 0.15) is 12.4 Å². The molecule has 0 saturated carbocycles. The van der Waals surface area contributed by atoms with Crippen molar-refractivity contribution in [1.82, 2.24) is 0 Å². The minimum Gasteiger partial charge on any atom is -0.489 e. The van der Waals surface area contributed by atoms with Crippen LogP contribution >= 0.6 is 11.8 Å². The van der Waals surface area contributed by atoms with Gasteiger partial charge in [0, 0.05) is 17.1 Å². The average Bonchev–Trinajstić information content (AvgIpc) is 2.87. The molecule has 4 heteroatoms. The molecule has 0 saturated heterocycles. The van der Waals surface area contributed by atoms with E-state index in [0.717, 1.165) is 22.6 Å². The SMILES string of the molecule is OC1CNc2ccccc2SC1c1ccc(OCc2ccccc2)cc1. The Morgan fingerprint density at radius 1 is 0.923 bits per heavy atom. The smallest absolute Gasteiger partial charge is 0.119 e. The van der Waals surface area contributed by atoms with Crippen LogP contribution in [0.1, 0.15) is 16.4 Å². The Kier molecular flexibility index (Phi) is 5.14. The number of benzene rings is 3. The maximum atomic E-state index is 10.6. The fourth-order valence-corrected chi connectivity index (χ4v) is 4.28. The highest BCUT2D eigenvalue weighted by Crippen LogP contribution is 2.43. The molecule has 26 heavy (non-hydrogen) atoms. The van der Waals surface area contributed by atoms with Gasteiger partial charge in [-0.15, -0.1) is 11.8 Å². The molecule has 2 atom stereocenters. The van der Waals surface area contributed by atoms with Crippen LogP contribution < -0.4 is 10.1 Å². The molecule has 0 aliphatic carbocycles. The molecule has 0 bridgehead atoms. The molecule has 0 aromatic heterocycles. The topological polar surface area (TPSA) is 41.5 Å². The number of aliphatic hydroxyl groups excluding tert-OH is 1. The van der Waals surface area contributed by atoms with E-state index >= 15 is 0 Å². The van der Waals surface area contributed by atoms with E-state index in [1.165, 1.54) is 4.90 Å². The lowest BCUT2D eigenvalue weighted by Crippen LogP contribution is -2.23. The lowest BCUT2D eigenvalue weighted by Gasteiger charge is -2.20. The first kappa shape index (κ1) is 17.0. The van der Waals surface area contributed by atoms with Gasteiger partial charge in [-0.2, -0.15) is 0 Å². The third kappa shape index (κ3) is 3.87. The van der Waals surface area contributed by atoms with Gasteiger partial charge >= 0.3 is 0 Å². The number of anilines is 1. The predicted octanol–water partition coefficient (Wildman–Crippen LogP) is 4.89. The van der Waals surface area contributed by atoms with Gasteiger partial charge in [0.05, 0.1) is 11.4 Å². The summed E-state index contributed by atoms with van der Waals surface area (Å²) in [5.74, 6) is 0.837. The van der Waals surface area contributed by atoms with E-state index in [1.807, 2.05) is 42.5 Å². The van der Waals surface area contributed by atoms with E-state index in [-0.39, 0.29) is 5.25 Å². The van der Waals surface area contributed by atoms with Crippen molar-refractivity contribution in [2.75, 3.05) is 11.9 Å². The fourth-order valence-electron chi connectivity index (χ4n) is 3.04. The van der Waals surface area contributed by atoms with Gasteiger partial charge in [0.25, 0.3) is 0 Å². The lowest BCUT2D eigenvalue weighted by atomic mass is 10.1. The van der Waals surface area contributed by atoms with Crippen LogP contribution in [0.5, 0.6) is 5.75 Å². The Balaban J connectivity index is 1.47. The van der Waals surface area contributed by atoms with Crippen LogP contribution in [0.25, 0.3) is 0 Å². The number of hydrogen-bond donors (Lipinski definition) is 2. The number of rotatable bonds is 4. The second-order valence-corrected chi connectivity index (χ2v) is 7.51. The minimum absolute atomic E-state index is 0.00526. The van der Waals surface area contributed by atoms with Crippen LogP contribution in [0.15, 0.2) is 83.8 Å². The summed E-state index contributed by atoms with van der Waals surface area (Å²) in [6, 6.07) is 26.4. The molecule has 0 fully saturated rings. The Bertz CT molecular complexity index is 852. The van der Waals surface area contributed by atoms with Crippen LogP contribution in [0.3, 0.4) is 0 Å². The zero-order chi connectivity index (χ0) is 17.8. The molecule has 2 N–H and O–H groups in total. The molecular formula is C22H21NO2S. The standard InChI is InChI=1S/C22H21NO2S/c24-20-14-23-19-8-4-5-9-21(19)26-22(20)17-10-12-18(13-11-17)25-15-16-6-2-1-3-7-16/h1-13,20,22-24H,14-15H2. The quantitative estimate of drug-likeness (QED) is 0.693. The van der Waals surface area contributed by atoms with Crippen LogP contribution in [-0.4, -0.2) is 17.8 Å². The highest BCUT2D eigenvalue weighted by atomic mass is 32.2. The van der Waals surface area contributed by atoms with E-state index in [0.29, 0.717) is 13.2 Å². The zero-order valence-corrected chi connectivity index (χ0v) is 15.2. The number of thioether (sulfide) groups is 1. The van der Waals surface area contributed by atoms with Crippen molar-refractivity contribution in [3.8, 4) is 5.75 Å². The van der Waals surface area contributed by atoms with Crippen molar-refractivity contribution in [3.63, 3.8) is 0 Å². The van der Waals surface area contributed by atoms with Crippen LogP contribution in [-0.2, 0) is 6.61 Å². The number of para-hydroxylation sites is 1. The Hall–Kier alpha value is -2.43. The van der Waals surface area contributed by atoms with E-state index in [9.17, 15) is 5.11 Å². The Morgan fingerprint density at radius 3 is 2.46 bits per heavy atom. The van der Waals surface area contributed by atoms with Crippen molar-refractivity contribution in [1.29, 1.82) is 0 Å². The molecule has 1 heterocycles. The molecule has 4 rings (SSSR count). The number of nitrogens with one attached hydrogen (secondary N) is 1. The summed E-state index contributed by atoms with van der Waals surface area (Å²) in [4.78, 5) is 1.17. The van der Waals surface area contributed by atoms with Crippen molar-refractivity contribution < 1.29 is 9.84 Å². The summed E-state index contributed by atoms with van der Waals surface area (Å²) in [5, 5.41) is 13.9. The van der Waals surface area contributed by atoms with Gasteiger partial charge in [-0.05, 0) is 35.4 Å². The Labute approximate surface area is 158 Å². The van der Waals surface area contributed by atoms with Crippen LogP contribution in [0, 0.1) is 0 Å². The van der Waals surface area contributed by atoms with Gasteiger partial charge in [0.15, 0.2) is 0 Å². The Morgan fingerprint density at radius 2 is 1.65 bits per heavy atom. The monoisotopic (exact) mass is 363 g/mol. The molecule has 0 spiro atoms. The summed E-state index contributed by atoms with van der Waals surface area (Å²) >= 11 is 1.70. The van der Waals surface area contributed by atoms with Crippen molar-refractivity contribution in [3.05, 3.63) is 90.0 Å². The number of aliphatic hydroxyl groups is 1. The van der Waals surface area contributed by atoms with Gasteiger partial charge in [-0.3, -0.25) is 0 Å². The molecule has 3 aromatic carbocycles. The molecule has 1 aliphatic heterocycles. The number of hydrogen-bond acceptors (Lipinski definition) is 4. The summed E-state index contributed by atoms with van der Waals surface area (Å²) in [6.07, 6.45) is -0.455. The minimum atomic E-state index is -0.455. The molecule has 3 nitrogen and oxygen atoms in total. The van der Waals surface area contributed by atoms with Crippen molar-refractivity contribution in [2.45, 2.75) is 22.9 Å². The average molecular weight is 363 g/mol. The third-order valence-electron chi connectivity index (χ3n) is 4.45. The van der Waals surface area contributed by atoms with Crippen LogP contribution in [0.2, 0.25) is 0 Å².